The van der Waals surface area contributed by atoms with Crippen molar-refractivity contribution in [3.8, 4) is 0 Å². The van der Waals surface area contributed by atoms with Gasteiger partial charge in [0.15, 0.2) is 0 Å². The first-order valence-electron chi connectivity index (χ1n) is 4.00. The van der Waals surface area contributed by atoms with Crippen LogP contribution in [0.15, 0.2) is 0 Å². The van der Waals surface area contributed by atoms with Crippen LogP contribution in [0.5, 0.6) is 0 Å². The minimum atomic E-state index is -5.17. The zero-order chi connectivity index (χ0) is 27.0. The van der Waals surface area contributed by atoms with E-state index >= 15 is 0 Å². The molecule has 0 aliphatic rings. The zero-order valence-corrected chi connectivity index (χ0v) is 23.5. The van der Waals surface area contributed by atoms with Gasteiger partial charge in [0, 0.05) is 62.4 Å². The molecular formula is Al2Fe2O24S6. The molecule has 0 aromatic rings. The average molecular weight is 742 g/mol. The van der Waals surface area contributed by atoms with Gasteiger partial charge in [0.05, 0.1) is 0 Å². The van der Waals surface area contributed by atoms with E-state index in [2.05, 4.69) is 0 Å². The van der Waals surface area contributed by atoms with Crippen molar-refractivity contribution in [1.29, 1.82) is 0 Å². The molecule has 0 N–H and O–H groups in total. The largest absolute Gasteiger partial charge is 3.00 e. The van der Waals surface area contributed by atoms with Crippen molar-refractivity contribution in [2.24, 2.45) is 0 Å². The first-order chi connectivity index (χ1) is 12.0. The molecule has 34 heavy (non-hydrogen) atoms. The topological polar surface area (TPSA) is 482 Å². The van der Waals surface area contributed by atoms with E-state index in [1.165, 1.54) is 0 Å². The number of hydrogen-bond donors (Lipinski definition) is 0. The summed E-state index contributed by atoms with van der Waals surface area (Å²) in [4.78, 5) is 0. The molecule has 0 bridgehead atoms. The van der Waals surface area contributed by atoms with Crippen LogP contribution in [-0.4, -0.2) is 140 Å². The van der Waals surface area contributed by atoms with Gasteiger partial charge in [-0.3, -0.25) is 50.5 Å². The van der Waals surface area contributed by atoms with E-state index in [9.17, 15) is 0 Å². The van der Waals surface area contributed by atoms with E-state index < -0.39 is 62.4 Å². The molecular weight excluding hydrogens is 742 g/mol. The zero-order valence-electron chi connectivity index (χ0n) is 14.1. The SMILES string of the molecule is O=S(=O)([O-])[O-].O=S(=O)([O-])[O-].O=S(=O)([O-])[O-].O=S(=O)([O-])[O-].O=S(=O)([O-])[O-].O=S(=O)([O-])[O-].[Al+3].[Al+3].[Fe+3].[Fe+3]. The third-order valence-electron chi connectivity index (χ3n) is 0. The third kappa shape index (κ3) is 19900. The molecule has 0 saturated heterocycles. The summed E-state index contributed by atoms with van der Waals surface area (Å²) < 4.78 is 205. The van der Waals surface area contributed by atoms with Gasteiger partial charge in [0.2, 0.25) is 0 Å². The van der Waals surface area contributed by atoms with Crippen LogP contribution in [0, 0.1) is 0 Å². The molecule has 0 fully saturated rings. The van der Waals surface area contributed by atoms with E-state index in [0.29, 0.717) is 0 Å². The molecule has 0 atom stereocenters. The Balaban J connectivity index is -0.0000000248. The van der Waals surface area contributed by atoms with Crippen LogP contribution in [-0.2, 0) is 96.5 Å². The van der Waals surface area contributed by atoms with E-state index in [-0.39, 0.29) is 68.9 Å². The van der Waals surface area contributed by atoms with E-state index in [4.69, 9.17) is 105 Å². The second kappa shape index (κ2) is 27.4. The molecule has 34 heteroatoms. The number of hydrogen-bond acceptors (Lipinski definition) is 24. The summed E-state index contributed by atoms with van der Waals surface area (Å²) in [5.41, 5.74) is 0. The Morgan fingerprint density at radius 2 is 0.235 bits per heavy atom. The van der Waals surface area contributed by atoms with Crippen molar-refractivity contribution in [3.63, 3.8) is 0 Å². The maximum Gasteiger partial charge on any atom is 3.00 e. The molecule has 0 amide bonds. The summed E-state index contributed by atoms with van der Waals surface area (Å²) in [5, 5.41) is 0. The van der Waals surface area contributed by atoms with Gasteiger partial charge < -0.3 is 54.6 Å². The summed E-state index contributed by atoms with van der Waals surface area (Å²) in [6.45, 7) is 0. The first kappa shape index (κ1) is 64.9. The van der Waals surface area contributed by atoms with Gasteiger partial charge >= 0.3 is 68.9 Å². The molecule has 2 radical (unpaired) electrons. The van der Waals surface area contributed by atoms with Crippen molar-refractivity contribution in [2.45, 2.75) is 0 Å². The summed E-state index contributed by atoms with van der Waals surface area (Å²) in [6, 6.07) is 0. The van der Waals surface area contributed by atoms with Crippen molar-refractivity contribution < 1.29 is 139 Å². The summed E-state index contributed by atoms with van der Waals surface area (Å²) >= 11 is 0. The van der Waals surface area contributed by atoms with Crippen molar-refractivity contribution in [3.05, 3.63) is 0 Å². The van der Waals surface area contributed by atoms with Gasteiger partial charge in [-0.15, -0.1) is 0 Å². The molecule has 0 aromatic heterocycles. The smallest absolute Gasteiger partial charge is 0.759 e. The van der Waals surface area contributed by atoms with Crippen LogP contribution < -0.4 is 0 Å². The monoisotopic (exact) mass is 742 g/mol. The molecule has 24 nitrogen and oxygen atoms in total. The van der Waals surface area contributed by atoms with Crippen LogP contribution in [0.25, 0.3) is 0 Å². The van der Waals surface area contributed by atoms with Crippen LogP contribution >= 0.6 is 0 Å². The minimum Gasteiger partial charge on any atom is -0.759 e. The van der Waals surface area contributed by atoms with E-state index in [0.717, 1.165) is 0 Å². The molecule has 0 aliphatic heterocycles. The van der Waals surface area contributed by atoms with Crippen molar-refractivity contribution >= 4 is 97.1 Å². The van der Waals surface area contributed by atoms with Crippen LogP contribution in [0.3, 0.4) is 0 Å². The molecule has 0 heterocycles. The maximum absolute atomic E-state index is 8.52. The molecule has 0 saturated carbocycles. The molecule has 0 unspecified atom stereocenters. The van der Waals surface area contributed by atoms with Crippen LogP contribution in [0.2, 0.25) is 0 Å². The molecule has 202 valence electrons. The first-order valence-corrected chi connectivity index (χ1v) is 12.0. The Labute approximate surface area is 234 Å². The summed E-state index contributed by atoms with van der Waals surface area (Å²) in [5.74, 6) is 0. The van der Waals surface area contributed by atoms with E-state index in [1.54, 1.807) is 0 Å². The van der Waals surface area contributed by atoms with Gasteiger partial charge in [0.25, 0.3) is 0 Å². The van der Waals surface area contributed by atoms with Crippen molar-refractivity contribution in [2.75, 3.05) is 0 Å². The van der Waals surface area contributed by atoms with Gasteiger partial charge in [0.1, 0.15) is 0 Å². The Hall–Kier alpha value is 1.32. The number of rotatable bonds is 0. The standard InChI is InChI=1S/2Al.2Fe.6H2O4S/c;;;;6*1-5(2,3)4/h;;;;6*(H2,1,2,3,4)/q4*+3;;;;;;/p-12. The normalized spacial score (nSPS) is 10.2. The fourth-order valence-corrected chi connectivity index (χ4v) is 0. The Morgan fingerprint density at radius 1 is 0.235 bits per heavy atom. The quantitative estimate of drug-likeness (QED) is 0.126. The Kier molecular flexibility index (Phi) is 52.2. The van der Waals surface area contributed by atoms with Crippen LogP contribution in [0.1, 0.15) is 0 Å². The molecule has 0 aliphatic carbocycles. The molecule has 0 spiro atoms. The van der Waals surface area contributed by atoms with E-state index in [1.807, 2.05) is 0 Å². The summed E-state index contributed by atoms with van der Waals surface area (Å²) in [7, 11) is -31.0. The predicted octanol–water partition coefficient (Wildman–Crippen LogP) is -8.79. The predicted molar refractivity (Wildman–Crippen MR) is 74.4 cm³/mol. The van der Waals surface area contributed by atoms with Gasteiger partial charge in [-0.2, -0.15) is 0 Å². The fraction of sp³-hybridized carbons (Fsp3) is 0. The molecule has 0 aromatic carbocycles. The average Bonchev–Trinajstić information content (AvgIpc) is 1.94. The molecule has 0 rings (SSSR count). The van der Waals surface area contributed by atoms with Crippen LogP contribution in [0.4, 0.5) is 0 Å². The maximum atomic E-state index is 8.52. The second-order valence-corrected chi connectivity index (χ2v) is 7.35. The Bertz CT molecular complexity index is 775. The fourth-order valence-electron chi connectivity index (χ4n) is 0. The minimum absolute atomic E-state index is 0. The van der Waals surface area contributed by atoms with Gasteiger partial charge in [-0.25, -0.2) is 0 Å². The van der Waals surface area contributed by atoms with Gasteiger partial charge in [-0.05, 0) is 0 Å². The van der Waals surface area contributed by atoms with Crippen molar-refractivity contribution in [1.82, 2.24) is 0 Å². The Morgan fingerprint density at radius 3 is 0.235 bits per heavy atom. The summed E-state index contributed by atoms with van der Waals surface area (Å²) in [6.07, 6.45) is 0. The third-order valence-corrected chi connectivity index (χ3v) is 0. The second-order valence-electron chi connectivity index (χ2n) is 2.45. The van der Waals surface area contributed by atoms with Gasteiger partial charge in [-0.1, -0.05) is 0 Å².